The average Bonchev–Trinajstić information content (AvgIpc) is 2.81. The van der Waals surface area contributed by atoms with Gasteiger partial charge in [0.15, 0.2) is 11.2 Å². The van der Waals surface area contributed by atoms with Gasteiger partial charge in [-0.3, -0.25) is 0 Å². The van der Waals surface area contributed by atoms with Gasteiger partial charge in [-0.15, -0.1) is 0 Å². The summed E-state index contributed by atoms with van der Waals surface area (Å²) >= 11 is 6.14. The van der Waals surface area contributed by atoms with E-state index in [0.717, 1.165) is 11.3 Å². The molecule has 0 unspecified atom stereocenters. The summed E-state index contributed by atoms with van der Waals surface area (Å²) in [6.07, 6.45) is 0. The summed E-state index contributed by atoms with van der Waals surface area (Å²) in [5, 5.41) is 0.659. The predicted molar refractivity (Wildman–Crippen MR) is 70.1 cm³/mol. The van der Waals surface area contributed by atoms with Crippen LogP contribution in [0.25, 0.3) is 22.5 Å². The highest BCUT2D eigenvalue weighted by molar-refractivity contribution is 6.33. The fraction of sp³-hybridized carbons (Fsp3) is 0.0769. The molecule has 3 aromatic rings. The molecule has 2 aromatic heterocycles. The molecule has 0 saturated carbocycles. The van der Waals surface area contributed by atoms with E-state index in [2.05, 4.69) is 9.97 Å². The van der Waals surface area contributed by atoms with E-state index in [4.69, 9.17) is 21.8 Å². The molecule has 0 aliphatic heterocycles. The minimum Gasteiger partial charge on any atom is -0.438 e. The van der Waals surface area contributed by atoms with Crippen LogP contribution >= 0.6 is 11.6 Å². The van der Waals surface area contributed by atoms with Crippen LogP contribution < -0.4 is 5.73 Å². The second kappa shape index (κ2) is 4.40. The van der Waals surface area contributed by atoms with Gasteiger partial charge in [0.2, 0.25) is 5.89 Å². The summed E-state index contributed by atoms with van der Waals surface area (Å²) in [4.78, 5) is 8.63. The molecule has 0 spiro atoms. The summed E-state index contributed by atoms with van der Waals surface area (Å²) < 4.78 is 5.41. The molecule has 0 aliphatic carbocycles. The molecule has 0 amide bonds. The van der Waals surface area contributed by atoms with Gasteiger partial charge in [0.25, 0.3) is 0 Å². The van der Waals surface area contributed by atoms with Crippen molar-refractivity contribution < 1.29 is 4.42 Å². The fourth-order valence-electron chi connectivity index (χ4n) is 1.77. The number of pyridine rings is 1. The Morgan fingerprint density at radius 3 is 2.72 bits per heavy atom. The molecule has 0 bridgehead atoms. The smallest absolute Gasteiger partial charge is 0.210 e. The average molecular weight is 260 g/mol. The third kappa shape index (κ3) is 1.85. The number of hydrogen-bond donors (Lipinski definition) is 1. The lowest BCUT2D eigenvalue weighted by Crippen LogP contribution is -1.95. The summed E-state index contributed by atoms with van der Waals surface area (Å²) in [7, 11) is 0. The number of rotatable bonds is 2. The van der Waals surface area contributed by atoms with Crippen LogP contribution in [-0.2, 0) is 6.54 Å². The maximum atomic E-state index is 6.14. The Morgan fingerprint density at radius 1 is 1.11 bits per heavy atom. The standard InChI is InChI=1S/C13H10ClN3O/c14-9-4-2-1-3-8(9)10-5-6-11-13(16-10)17-12(7-15)18-11/h1-6H,7,15H2. The van der Waals surface area contributed by atoms with Crippen molar-refractivity contribution in [3.63, 3.8) is 0 Å². The second-order valence-corrected chi connectivity index (χ2v) is 4.22. The van der Waals surface area contributed by atoms with Crippen molar-refractivity contribution in [3.8, 4) is 11.3 Å². The molecule has 0 saturated heterocycles. The molecule has 2 heterocycles. The number of oxazole rings is 1. The number of fused-ring (bicyclic) bond motifs is 1. The largest absolute Gasteiger partial charge is 0.438 e. The minimum absolute atomic E-state index is 0.262. The molecule has 90 valence electrons. The first-order valence-corrected chi connectivity index (χ1v) is 5.87. The lowest BCUT2D eigenvalue weighted by molar-refractivity contribution is 0.533. The van der Waals surface area contributed by atoms with Crippen LogP contribution in [0.15, 0.2) is 40.8 Å². The van der Waals surface area contributed by atoms with Crippen LogP contribution in [0.1, 0.15) is 5.89 Å². The van der Waals surface area contributed by atoms with Crippen LogP contribution in [0.3, 0.4) is 0 Å². The van der Waals surface area contributed by atoms with Gasteiger partial charge in [-0.1, -0.05) is 29.8 Å². The van der Waals surface area contributed by atoms with Crippen molar-refractivity contribution in [2.24, 2.45) is 5.73 Å². The van der Waals surface area contributed by atoms with Crippen molar-refractivity contribution in [3.05, 3.63) is 47.3 Å². The highest BCUT2D eigenvalue weighted by atomic mass is 35.5. The highest BCUT2D eigenvalue weighted by Crippen LogP contribution is 2.27. The summed E-state index contributed by atoms with van der Waals surface area (Å²) in [6, 6.07) is 11.2. The molecule has 0 aliphatic rings. The van der Waals surface area contributed by atoms with E-state index in [-0.39, 0.29) is 6.54 Å². The van der Waals surface area contributed by atoms with Gasteiger partial charge in [0, 0.05) is 10.6 Å². The van der Waals surface area contributed by atoms with E-state index in [9.17, 15) is 0 Å². The Kier molecular flexibility index (Phi) is 2.74. The van der Waals surface area contributed by atoms with Crippen LogP contribution in [-0.4, -0.2) is 9.97 Å². The van der Waals surface area contributed by atoms with E-state index in [1.807, 2.05) is 36.4 Å². The first-order chi connectivity index (χ1) is 8.78. The number of hydrogen-bond acceptors (Lipinski definition) is 4. The maximum Gasteiger partial charge on any atom is 0.210 e. The summed E-state index contributed by atoms with van der Waals surface area (Å²) in [5.41, 5.74) is 8.30. The Hall–Kier alpha value is -1.91. The van der Waals surface area contributed by atoms with Gasteiger partial charge in [-0.25, -0.2) is 4.98 Å². The van der Waals surface area contributed by atoms with Crippen molar-refractivity contribution in [2.45, 2.75) is 6.54 Å². The molecule has 2 N–H and O–H groups in total. The van der Waals surface area contributed by atoms with Crippen LogP contribution in [0.2, 0.25) is 5.02 Å². The van der Waals surface area contributed by atoms with Crippen LogP contribution in [0.4, 0.5) is 0 Å². The monoisotopic (exact) mass is 259 g/mol. The zero-order valence-corrected chi connectivity index (χ0v) is 10.2. The van der Waals surface area contributed by atoms with Crippen LogP contribution in [0, 0.1) is 0 Å². The Bertz CT molecular complexity index is 708. The molecule has 4 nitrogen and oxygen atoms in total. The zero-order chi connectivity index (χ0) is 12.5. The number of benzene rings is 1. The summed E-state index contributed by atoms with van der Waals surface area (Å²) in [6.45, 7) is 0.262. The molecular formula is C13H10ClN3O. The number of halogens is 1. The summed E-state index contributed by atoms with van der Waals surface area (Å²) in [5.74, 6) is 0.480. The van der Waals surface area contributed by atoms with E-state index >= 15 is 0 Å². The van der Waals surface area contributed by atoms with Crippen LogP contribution in [0.5, 0.6) is 0 Å². The first kappa shape index (κ1) is 11.2. The van der Waals surface area contributed by atoms with Gasteiger partial charge < -0.3 is 10.2 Å². The van der Waals surface area contributed by atoms with Gasteiger partial charge in [-0.05, 0) is 18.2 Å². The molecule has 1 aromatic carbocycles. The number of nitrogens with two attached hydrogens (primary N) is 1. The van der Waals surface area contributed by atoms with E-state index < -0.39 is 0 Å². The molecule has 18 heavy (non-hydrogen) atoms. The quantitative estimate of drug-likeness (QED) is 0.768. The van der Waals surface area contributed by atoms with Crippen molar-refractivity contribution in [1.82, 2.24) is 9.97 Å². The third-order valence-electron chi connectivity index (χ3n) is 2.62. The van der Waals surface area contributed by atoms with E-state index in [1.54, 1.807) is 0 Å². The van der Waals surface area contributed by atoms with Gasteiger partial charge in [-0.2, -0.15) is 4.98 Å². The van der Waals surface area contributed by atoms with Crippen molar-refractivity contribution >= 4 is 22.8 Å². The molecular weight excluding hydrogens is 250 g/mol. The van der Waals surface area contributed by atoms with Gasteiger partial charge in [0.05, 0.1) is 12.2 Å². The lowest BCUT2D eigenvalue weighted by atomic mass is 10.1. The molecule has 0 atom stereocenters. The maximum absolute atomic E-state index is 6.14. The van der Waals surface area contributed by atoms with Crippen molar-refractivity contribution in [2.75, 3.05) is 0 Å². The predicted octanol–water partition coefficient (Wildman–Crippen LogP) is 3.00. The molecule has 0 fully saturated rings. The van der Waals surface area contributed by atoms with E-state index in [0.29, 0.717) is 22.1 Å². The first-order valence-electron chi connectivity index (χ1n) is 5.49. The minimum atomic E-state index is 0.262. The third-order valence-corrected chi connectivity index (χ3v) is 2.95. The zero-order valence-electron chi connectivity index (χ0n) is 9.43. The Balaban J connectivity index is 2.16. The lowest BCUT2D eigenvalue weighted by Gasteiger charge is -2.02. The fourth-order valence-corrected chi connectivity index (χ4v) is 2.00. The topological polar surface area (TPSA) is 64.9 Å². The Morgan fingerprint density at radius 2 is 1.94 bits per heavy atom. The normalized spacial score (nSPS) is 11.0. The van der Waals surface area contributed by atoms with Gasteiger partial charge in [0.1, 0.15) is 0 Å². The number of nitrogens with zero attached hydrogens (tertiary/aromatic N) is 2. The number of aromatic nitrogens is 2. The van der Waals surface area contributed by atoms with E-state index in [1.165, 1.54) is 0 Å². The Labute approximate surface area is 108 Å². The van der Waals surface area contributed by atoms with Gasteiger partial charge >= 0.3 is 0 Å². The highest BCUT2D eigenvalue weighted by Gasteiger charge is 2.09. The molecule has 5 heteroatoms. The molecule has 0 radical (unpaired) electrons. The van der Waals surface area contributed by atoms with Crippen molar-refractivity contribution in [1.29, 1.82) is 0 Å². The second-order valence-electron chi connectivity index (χ2n) is 3.81. The molecule has 3 rings (SSSR count). The SMILES string of the molecule is NCc1nc2nc(-c3ccccc3Cl)ccc2o1.